The topological polar surface area (TPSA) is 48.7 Å². The van der Waals surface area contributed by atoms with E-state index in [9.17, 15) is 0 Å². The van der Waals surface area contributed by atoms with Crippen molar-refractivity contribution in [3.05, 3.63) is 17.2 Å². The van der Waals surface area contributed by atoms with Crippen LogP contribution in [0.2, 0.25) is 0 Å². The molecule has 0 radical (unpaired) electrons. The number of hydrogen-bond donors (Lipinski definition) is 2. The molecule has 1 atom stereocenters. The number of nitrogens with one attached hydrogen (secondary N) is 1. The Morgan fingerprint density at radius 2 is 1.73 bits per heavy atom. The summed E-state index contributed by atoms with van der Waals surface area (Å²) in [6.45, 7) is 4.63. The van der Waals surface area contributed by atoms with Gasteiger partial charge in [0.25, 0.3) is 0 Å². The number of methoxy groups -OCH3 is 3. The maximum absolute atomic E-state index is 5.68. The second-order valence-corrected chi connectivity index (χ2v) is 6.21. The molecule has 2 aliphatic rings. The molecule has 0 spiro atoms. The van der Waals surface area contributed by atoms with Crippen LogP contribution >= 0.6 is 0 Å². The van der Waals surface area contributed by atoms with Crippen LogP contribution in [0.5, 0.6) is 17.2 Å². The molecule has 1 aromatic rings. The van der Waals surface area contributed by atoms with Crippen molar-refractivity contribution in [3.63, 3.8) is 0 Å². The van der Waals surface area contributed by atoms with Crippen LogP contribution in [0, 0.1) is 0 Å². The van der Waals surface area contributed by atoms with Crippen molar-refractivity contribution < 1.29 is 24.4 Å². The van der Waals surface area contributed by atoms with Gasteiger partial charge in [-0.2, -0.15) is 0 Å². The van der Waals surface area contributed by atoms with E-state index < -0.39 is 0 Å². The highest BCUT2D eigenvalue weighted by Gasteiger charge is 2.36. The molecule has 0 aliphatic carbocycles. The molecular weight excluding hydrogens is 280 g/mol. The molecule has 5 heteroatoms. The summed E-state index contributed by atoms with van der Waals surface area (Å²) in [5.41, 5.74) is 2.66. The molecule has 0 bridgehead atoms. The SMILES string of the molecule is COc1cc2c(c(OC)c1OC)C[NH2+]C[C@@H]2[NH+]1CCCCC1. The van der Waals surface area contributed by atoms with Crippen molar-refractivity contribution in [2.45, 2.75) is 31.8 Å². The summed E-state index contributed by atoms with van der Waals surface area (Å²) < 4.78 is 16.8. The van der Waals surface area contributed by atoms with Gasteiger partial charge in [0.15, 0.2) is 17.5 Å². The Kier molecular flexibility index (Phi) is 4.74. The molecule has 2 aliphatic heterocycles. The first-order chi connectivity index (χ1) is 10.8. The predicted octanol–water partition coefficient (Wildman–Crippen LogP) is -0.101. The van der Waals surface area contributed by atoms with Gasteiger partial charge >= 0.3 is 0 Å². The molecule has 2 heterocycles. The van der Waals surface area contributed by atoms with Crippen LogP contribution in [0.15, 0.2) is 6.07 Å². The smallest absolute Gasteiger partial charge is 0.203 e. The second-order valence-electron chi connectivity index (χ2n) is 6.21. The molecule has 1 fully saturated rings. The Balaban J connectivity index is 2.05. The second kappa shape index (κ2) is 6.75. The molecule has 1 aromatic carbocycles. The summed E-state index contributed by atoms with van der Waals surface area (Å²) in [5, 5.41) is 2.39. The first-order valence-corrected chi connectivity index (χ1v) is 8.28. The van der Waals surface area contributed by atoms with Crippen molar-refractivity contribution in [1.82, 2.24) is 0 Å². The van der Waals surface area contributed by atoms with Gasteiger partial charge in [0.1, 0.15) is 13.1 Å². The Labute approximate surface area is 132 Å². The number of ether oxygens (including phenoxy) is 3. The number of quaternary nitrogens is 2. The Morgan fingerprint density at radius 3 is 2.36 bits per heavy atom. The Hall–Kier alpha value is -1.46. The molecule has 0 unspecified atom stereocenters. The zero-order valence-corrected chi connectivity index (χ0v) is 13.9. The molecule has 3 N–H and O–H groups in total. The summed E-state index contributed by atoms with van der Waals surface area (Å²) in [5.74, 6) is 2.34. The summed E-state index contributed by atoms with van der Waals surface area (Å²) in [6, 6.07) is 2.70. The number of nitrogens with two attached hydrogens (primary N) is 1. The van der Waals surface area contributed by atoms with E-state index in [0.29, 0.717) is 11.8 Å². The van der Waals surface area contributed by atoms with E-state index in [1.54, 1.807) is 26.2 Å². The number of benzene rings is 1. The quantitative estimate of drug-likeness (QED) is 0.817. The van der Waals surface area contributed by atoms with Gasteiger partial charge in [-0.15, -0.1) is 0 Å². The van der Waals surface area contributed by atoms with Crippen LogP contribution in [-0.4, -0.2) is 41.0 Å². The maximum atomic E-state index is 5.68. The molecule has 22 heavy (non-hydrogen) atoms. The van der Waals surface area contributed by atoms with Gasteiger partial charge < -0.3 is 24.4 Å². The highest BCUT2D eigenvalue weighted by molar-refractivity contribution is 5.59. The minimum atomic E-state index is 0.526. The Morgan fingerprint density at radius 1 is 1.00 bits per heavy atom. The van der Waals surface area contributed by atoms with E-state index in [1.165, 1.54) is 43.5 Å². The zero-order chi connectivity index (χ0) is 15.5. The number of rotatable bonds is 4. The third-order valence-corrected chi connectivity index (χ3v) is 5.08. The third kappa shape index (κ3) is 2.63. The summed E-state index contributed by atoms with van der Waals surface area (Å²) in [6.07, 6.45) is 4.05. The molecule has 5 nitrogen and oxygen atoms in total. The zero-order valence-electron chi connectivity index (χ0n) is 13.9. The number of piperidine rings is 1. The van der Waals surface area contributed by atoms with Crippen molar-refractivity contribution in [1.29, 1.82) is 0 Å². The third-order valence-electron chi connectivity index (χ3n) is 5.08. The highest BCUT2D eigenvalue weighted by Crippen LogP contribution is 2.43. The molecular formula is C17H28N2O3+2. The van der Waals surface area contributed by atoms with Crippen LogP contribution in [0.1, 0.15) is 36.4 Å². The fraction of sp³-hybridized carbons (Fsp3) is 0.647. The van der Waals surface area contributed by atoms with E-state index in [2.05, 4.69) is 11.4 Å². The van der Waals surface area contributed by atoms with Crippen LogP contribution in [0.4, 0.5) is 0 Å². The van der Waals surface area contributed by atoms with Gasteiger partial charge in [-0.3, -0.25) is 0 Å². The van der Waals surface area contributed by atoms with Crippen LogP contribution in [-0.2, 0) is 6.54 Å². The lowest BCUT2D eigenvalue weighted by Crippen LogP contribution is -3.16. The van der Waals surface area contributed by atoms with E-state index >= 15 is 0 Å². The summed E-state index contributed by atoms with van der Waals surface area (Å²) in [7, 11) is 5.09. The lowest BCUT2D eigenvalue weighted by Gasteiger charge is -2.34. The molecule has 122 valence electrons. The molecule has 0 amide bonds. The normalized spacial score (nSPS) is 22.0. The van der Waals surface area contributed by atoms with Gasteiger partial charge in [0.2, 0.25) is 5.75 Å². The number of hydrogen-bond acceptors (Lipinski definition) is 3. The molecule has 0 aromatic heterocycles. The molecule has 3 rings (SSSR count). The summed E-state index contributed by atoms with van der Waals surface area (Å²) >= 11 is 0. The monoisotopic (exact) mass is 308 g/mol. The fourth-order valence-electron chi connectivity index (χ4n) is 4.02. The minimum Gasteiger partial charge on any atom is -0.493 e. The first-order valence-electron chi connectivity index (χ1n) is 8.28. The van der Waals surface area contributed by atoms with Crippen molar-refractivity contribution in [2.24, 2.45) is 0 Å². The van der Waals surface area contributed by atoms with E-state index in [0.717, 1.165) is 24.6 Å². The highest BCUT2D eigenvalue weighted by atomic mass is 16.5. The molecule has 0 saturated carbocycles. The van der Waals surface area contributed by atoms with E-state index in [-0.39, 0.29) is 0 Å². The maximum Gasteiger partial charge on any atom is 0.203 e. The Bertz CT molecular complexity index is 527. The molecule has 1 saturated heterocycles. The van der Waals surface area contributed by atoms with E-state index in [4.69, 9.17) is 14.2 Å². The van der Waals surface area contributed by atoms with Crippen molar-refractivity contribution >= 4 is 0 Å². The first kappa shape index (κ1) is 15.4. The van der Waals surface area contributed by atoms with Crippen LogP contribution in [0.3, 0.4) is 0 Å². The number of likely N-dealkylation sites (tertiary alicyclic amines) is 1. The van der Waals surface area contributed by atoms with Gasteiger partial charge in [-0.25, -0.2) is 0 Å². The van der Waals surface area contributed by atoms with Gasteiger partial charge in [-0.05, 0) is 25.3 Å². The van der Waals surface area contributed by atoms with Gasteiger partial charge in [-0.1, -0.05) is 0 Å². The van der Waals surface area contributed by atoms with E-state index in [1.807, 2.05) is 0 Å². The fourth-order valence-corrected chi connectivity index (χ4v) is 4.02. The van der Waals surface area contributed by atoms with Crippen molar-refractivity contribution in [3.8, 4) is 17.2 Å². The summed E-state index contributed by atoms with van der Waals surface area (Å²) in [4.78, 5) is 1.71. The number of fused-ring (bicyclic) bond motifs is 1. The van der Waals surface area contributed by atoms with Gasteiger partial charge in [0, 0.05) is 5.56 Å². The lowest BCUT2D eigenvalue weighted by atomic mass is 9.92. The largest absolute Gasteiger partial charge is 0.493 e. The van der Waals surface area contributed by atoms with Crippen LogP contribution < -0.4 is 24.4 Å². The van der Waals surface area contributed by atoms with Crippen LogP contribution in [0.25, 0.3) is 0 Å². The standard InChI is InChI=1S/C17H26N2O3/c1-20-15-9-12-13(16(21-2)17(15)22-3)10-18-11-14(12)19-7-5-4-6-8-19/h9,14,18H,4-8,10-11H2,1-3H3/p+2/t14-/m0/s1. The average molecular weight is 308 g/mol. The minimum absolute atomic E-state index is 0.526. The lowest BCUT2D eigenvalue weighted by molar-refractivity contribution is -0.952. The van der Waals surface area contributed by atoms with Crippen molar-refractivity contribution in [2.75, 3.05) is 41.0 Å². The average Bonchev–Trinajstić information content (AvgIpc) is 2.60. The predicted molar refractivity (Wildman–Crippen MR) is 83.9 cm³/mol. The van der Waals surface area contributed by atoms with Gasteiger partial charge in [0.05, 0.1) is 40.0 Å².